The lowest BCUT2D eigenvalue weighted by atomic mass is 10.1. The zero-order valence-electron chi connectivity index (χ0n) is 13.7. The quantitative estimate of drug-likeness (QED) is 0.687. The molecule has 1 aliphatic heterocycles. The van der Waals surface area contributed by atoms with Crippen LogP contribution in [0.25, 0.3) is 16.6 Å². The number of thioether (sulfide) groups is 1. The van der Waals surface area contributed by atoms with Crippen LogP contribution in [0.3, 0.4) is 0 Å². The summed E-state index contributed by atoms with van der Waals surface area (Å²) >= 11 is 1.48. The molecule has 1 fully saturated rings. The van der Waals surface area contributed by atoms with Crippen LogP contribution < -0.4 is 0 Å². The minimum atomic E-state index is 0.202. The maximum Gasteiger partial charge on any atom is 0.233 e. The number of carbonyl (C=O) groups is 1. The number of aryl methyl sites for hydroxylation is 1. The van der Waals surface area contributed by atoms with Crippen LogP contribution in [0.2, 0.25) is 0 Å². The van der Waals surface area contributed by atoms with Crippen molar-refractivity contribution >= 4 is 34.2 Å². The average molecular weight is 340 g/mol. The highest BCUT2D eigenvalue weighted by Gasteiger charge is 2.18. The van der Waals surface area contributed by atoms with Crippen LogP contribution in [0.4, 0.5) is 0 Å². The van der Waals surface area contributed by atoms with Crippen LogP contribution in [0.1, 0.15) is 24.8 Å². The van der Waals surface area contributed by atoms with Crippen molar-refractivity contribution in [3.63, 3.8) is 0 Å². The summed E-state index contributed by atoms with van der Waals surface area (Å²) in [5.74, 6) is 0.621. The van der Waals surface area contributed by atoms with Gasteiger partial charge >= 0.3 is 0 Å². The molecule has 0 aliphatic carbocycles. The molecule has 24 heavy (non-hydrogen) atoms. The lowest BCUT2D eigenvalue weighted by Gasteiger charge is -2.26. The van der Waals surface area contributed by atoms with E-state index in [0.717, 1.165) is 42.3 Å². The first-order valence-corrected chi connectivity index (χ1v) is 9.36. The highest BCUT2D eigenvalue weighted by atomic mass is 32.2. The summed E-state index contributed by atoms with van der Waals surface area (Å²) in [6.07, 6.45) is 3.47. The van der Waals surface area contributed by atoms with Crippen molar-refractivity contribution < 1.29 is 4.79 Å². The third-order valence-corrected chi connectivity index (χ3v) is 5.52. The van der Waals surface area contributed by atoms with Crippen molar-refractivity contribution in [2.45, 2.75) is 31.3 Å². The molecule has 0 spiro atoms. The van der Waals surface area contributed by atoms with E-state index in [9.17, 15) is 4.79 Å². The fourth-order valence-corrected chi connectivity index (χ4v) is 4.18. The molecule has 1 amide bonds. The summed E-state index contributed by atoms with van der Waals surface area (Å²) in [4.78, 5) is 14.4. The van der Waals surface area contributed by atoms with Gasteiger partial charge in [-0.2, -0.15) is 0 Å². The standard InChI is InChI=1S/C18H20N4OS/c1-13-11-16-19-20-18(22(16)15-8-4-3-7-14(13)15)24-12-17(23)21-9-5-2-6-10-21/h3-4,7-8,11H,2,5-6,9-10,12H2,1H3. The number of pyridine rings is 1. The largest absolute Gasteiger partial charge is 0.342 e. The average Bonchev–Trinajstić information content (AvgIpc) is 3.03. The Morgan fingerprint density at radius 1 is 1.17 bits per heavy atom. The molecule has 2 aromatic heterocycles. The van der Waals surface area contributed by atoms with E-state index in [1.807, 2.05) is 23.1 Å². The Morgan fingerprint density at radius 3 is 2.79 bits per heavy atom. The fourth-order valence-electron chi connectivity index (χ4n) is 3.33. The van der Waals surface area contributed by atoms with E-state index < -0.39 is 0 Å². The van der Waals surface area contributed by atoms with Gasteiger partial charge in [0.15, 0.2) is 10.8 Å². The van der Waals surface area contributed by atoms with Crippen LogP contribution in [-0.2, 0) is 4.79 Å². The van der Waals surface area contributed by atoms with Gasteiger partial charge in [0.1, 0.15) is 0 Å². The van der Waals surface area contributed by atoms with Gasteiger partial charge in [0.25, 0.3) is 0 Å². The second-order valence-corrected chi connectivity index (χ2v) is 7.19. The Morgan fingerprint density at radius 2 is 1.96 bits per heavy atom. The molecular weight excluding hydrogens is 320 g/mol. The van der Waals surface area contributed by atoms with E-state index in [-0.39, 0.29) is 5.91 Å². The topological polar surface area (TPSA) is 50.5 Å². The van der Waals surface area contributed by atoms with E-state index in [1.54, 1.807) is 0 Å². The zero-order chi connectivity index (χ0) is 16.5. The molecule has 0 saturated carbocycles. The van der Waals surface area contributed by atoms with Gasteiger partial charge < -0.3 is 4.90 Å². The summed E-state index contributed by atoms with van der Waals surface area (Å²) < 4.78 is 2.05. The molecule has 0 unspecified atom stereocenters. The van der Waals surface area contributed by atoms with Crippen LogP contribution in [0.15, 0.2) is 35.5 Å². The predicted octanol–water partition coefficient (Wildman–Crippen LogP) is 3.30. The number of likely N-dealkylation sites (tertiary alicyclic amines) is 1. The summed E-state index contributed by atoms with van der Waals surface area (Å²) in [5.41, 5.74) is 3.11. The third kappa shape index (κ3) is 2.75. The number of carbonyl (C=O) groups excluding carboxylic acids is 1. The fraction of sp³-hybridized carbons (Fsp3) is 0.389. The van der Waals surface area contributed by atoms with Crippen LogP contribution in [0, 0.1) is 6.92 Å². The minimum absolute atomic E-state index is 0.202. The van der Waals surface area contributed by atoms with Gasteiger partial charge in [-0.05, 0) is 43.9 Å². The Bertz CT molecular complexity index is 899. The monoisotopic (exact) mass is 340 g/mol. The zero-order valence-corrected chi connectivity index (χ0v) is 14.6. The maximum absolute atomic E-state index is 12.4. The molecule has 3 aromatic rings. The lowest BCUT2D eigenvalue weighted by molar-refractivity contribution is -0.129. The number of nitrogens with zero attached hydrogens (tertiary/aromatic N) is 4. The Kier molecular flexibility index (Phi) is 4.14. The number of rotatable bonds is 3. The molecule has 3 heterocycles. The van der Waals surface area contributed by atoms with E-state index in [1.165, 1.54) is 29.1 Å². The van der Waals surface area contributed by atoms with Crippen molar-refractivity contribution in [3.05, 3.63) is 35.9 Å². The molecule has 0 bridgehead atoms. The smallest absolute Gasteiger partial charge is 0.233 e. The molecule has 1 aromatic carbocycles. The first kappa shape index (κ1) is 15.4. The molecule has 4 rings (SSSR count). The summed E-state index contributed by atoms with van der Waals surface area (Å²) in [6, 6.07) is 10.3. The van der Waals surface area contributed by atoms with Crippen LogP contribution in [-0.4, -0.2) is 44.2 Å². The highest BCUT2D eigenvalue weighted by molar-refractivity contribution is 7.99. The molecule has 5 nitrogen and oxygen atoms in total. The maximum atomic E-state index is 12.4. The number of fused-ring (bicyclic) bond motifs is 3. The molecule has 1 saturated heterocycles. The Labute approximate surface area is 145 Å². The van der Waals surface area contributed by atoms with E-state index >= 15 is 0 Å². The Balaban J connectivity index is 1.63. The van der Waals surface area contributed by atoms with Crippen LogP contribution in [0.5, 0.6) is 0 Å². The van der Waals surface area contributed by atoms with E-state index in [4.69, 9.17) is 0 Å². The van der Waals surface area contributed by atoms with Crippen molar-refractivity contribution in [3.8, 4) is 0 Å². The number of para-hydroxylation sites is 1. The van der Waals surface area contributed by atoms with Gasteiger partial charge in [-0.25, -0.2) is 0 Å². The van der Waals surface area contributed by atoms with Gasteiger partial charge in [-0.1, -0.05) is 30.0 Å². The molecule has 0 radical (unpaired) electrons. The number of hydrogen-bond donors (Lipinski definition) is 0. The SMILES string of the molecule is Cc1cc2nnc(SCC(=O)N3CCCCC3)n2c2ccccc12. The summed E-state index contributed by atoms with van der Waals surface area (Å²) in [5, 5.41) is 10.6. The summed E-state index contributed by atoms with van der Waals surface area (Å²) in [7, 11) is 0. The molecule has 124 valence electrons. The highest BCUT2D eigenvalue weighted by Crippen LogP contribution is 2.26. The molecular formula is C18H20N4OS. The van der Waals surface area contributed by atoms with Crippen molar-refractivity contribution in [2.24, 2.45) is 0 Å². The Hall–Kier alpha value is -2.08. The minimum Gasteiger partial charge on any atom is -0.342 e. The third-order valence-electron chi connectivity index (χ3n) is 4.61. The number of amides is 1. The first-order valence-electron chi connectivity index (χ1n) is 8.38. The van der Waals surface area contributed by atoms with Gasteiger partial charge in [-0.15, -0.1) is 10.2 Å². The van der Waals surface area contributed by atoms with Gasteiger partial charge in [0.05, 0.1) is 11.3 Å². The second-order valence-electron chi connectivity index (χ2n) is 6.25. The molecule has 1 aliphatic rings. The van der Waals surface area contributed by atoms with Gasteiger partial charge in [-0.3, -0.25) is 9.20 Å². The number of aromatic nitrogens is 3. The number of hydrogen-bond acceptors (Lipinski definition) is 4. The molecule has 0 N–H and O–H groups in total. The molecule has 0 atom stereocenters. The lowest BCUT2D eigenvalue weighted by Crippen LogP contribution is -2.36. The second kappa shape index (κ2) is 6.43. The summed E-state index contributed by atoms with van der Waals surface area (Å²) in [6.45, 7) is 3.87. The van der Waals surface area contributed by atoms with Gasteiger partial charge in [0.2, 0.25) is 5.91 Å². The number of piperidine rings is 1. The van der Waals surface area contributed by atoms with E-state index in [2.05, 4.69) is 33.7 Å². The first-order chi connectivity index (χ1) is 11.7. The normalized spacial score (nSPS) is 15.3. The number of benzene rings is 1. The van der Waals surface area contributed by atoms with Crippen LogP contribution >= 0.6 is 11.8 Å². The van der Waals surface area contributed by atoms with E-state index in [0.29, 0.717) is 5.75 Å². The van der Waals surface area contributed by atoms with Gasteiger partial charge in [0, 0.05) is 18.5 Å². The van der Waals surface area contributed by atoms with Crippen molar-refractivity contribution in [1.82, 2.24) is 19.5 Å². The molecule has 6 heteroatoms. The predicted molar refractivity (Wildman–Crippen MR) is 96.4 cm³/mol. The van der Waals surface area contributed by atoms with Crippen molar-refractivity contribution in [1.29, 1.82) is 0 Å². The van der Waals surface area contributed by atoms with Crippen molar-refractivity contribution in [2.75, 3.05) is 18.8 Å².